The molecular formula is C17H33O8P. The quantitative estimate of drug-likeness (QED) is 0.550. The van der Waals surface area contributed by atoms with E-state index in [0.717, 1.165) is 0 Å². The van der Waals surface area contributed by atoms with Gasteiger partial charge < -0.3 is 18.9 Å². The molecule has 0 aromatic carbocycles. The molecule has 0 N–H and O–H groups in total. The zero-order valence-corrected chi connectivity index (χ0v) is 17.6. The molecule has 0 saturated carbocycles. The Hall–Kier alpha value is -0.0500. The molecule has 3 unspecified atom stereocenters. The minimum Gasteiger partial charge on any atom is -0.382 e. The van der Waals surface area contributed by atoms with E-state index < -0.39 is 13.9 Å². The molecule has 2 rings (SSSR count). The molecule has 26 heavy (non-hydrogen) atoms. The monoisotopic (exact) mass is 396 g/mol. The molecule has 0 aromatic rings. The minimum absolute atomic E-state index is 0.0247. The van der Waals surface area contributed by atoms with Crippen LogP contribution in [-0.4, -0.2) is 71.2 Å². The first-order valence-electron chi connectivity index (χ1n) is 9.07. The van der Waals surface area contributed by atoms with Crippen LogP contribution >= 0.6 is 7.82 Å². The van der Waals surface area contributed by atoms with E-state index in [1.807, 2.05) is 20.8 Å². The Kier molecular flexibility index (Phi) is 8.07. The van der Waals surface area contributed by atoms with Gasteiger partial charge in [-0.2, -0.15) is 0 Å². The van der Waals surface area contributed by atoms with Gasteiger partial charge >= 0.3 is 7.82 Å². The standard InChI is InChI=1S/C17H33O8P/c1-10-12(3)24-15(16(10)20-6)9-22-26(18,21-7)25-17-11(2)13(4)23-14(17)8-19-5/h10-17H,8-9H2,1-7H3/t10-,11-,12+,13+,14-,15-,16?,17?,26?/m1/s1. The van der Waals surface area contributed by atoms with Gasteiger partial charge in [0, 0.05) is 33.2 Å². The highest BCUT2D eigenvalue weighted by Crippen LogP contribution is 2.53. The third-order valence-electron chi connectivity index (χ3n) is 5.50. The molecule has 8 nitrogen and oxygen atoms in total. The van der Waals surface area contributed by atoms with Crippen LogP contribution in [0.5, 0.6) is 0 Å². The van der Waals surface area contributed by atoms with Gasteiger partial charge in [0.15, 0.2) is 0 Å². The first-order valence-corrected chi connectivity index (χ1v) is 10.5. The fraction of sp³-hybridized carbons (Fsp3) is 1.00. The van der Waals surface area contributed by atoms with E-state index in [1.165, 1.54) is 7.11 Å². The number of rotatable bonds is 9. The largest absolute Gasteiger partial charge is 0.474 e. The smallest absolute Gasteiger partial charge is 0.382 e. The van der Waals surface area contributed by atoms with Crippen molar-refractivity contribution in [2.75, 3.05) is 34.5 Å². The van der Waals surface area contributed by atoms with Crippen LogP contribution in [0.2, 0.25) is 0 Å². The Morgan fingerprint density at radius 1 is 0.846 bits per heavy atom. The summed E-state index contributed by atoms with van der Waals surface area (Å²) < 4.78 is 51.8. The van der Waals surface area contributed by atoms with Crippen molar-refractivity contribution < 1.29 is 37.1 Å². The van der Waals surface area contributed by atoms with E-state index in [1.54, 1.807) is 14.2 Å². The molecule has 2 aliphatic heterocycles. The summed E-state index contributed by atoms with van der Waals surface area (Å²) in [6.45, 7) is 8.38. The molecule has 9 atom stereocenters. The predicted molar refractivity (Wildman–Crippen MR) is 95.1 cm³/mol. The van der Waals surface area contributed by atoms with Crippen molar-refractivity contribution in [2.45, 2.75) is 64.3 Å². The Bertz CT molecular complexity index is 489. The van der Waals surface area contributed by atoms with Gasteiger partial charge in [0.2, 0.25) is 0 Å². The maximum Gasteiger partial charge on any atom is 0.474 e. The zero-order chi connectivity index (χ0) is 19.5. The molecule has 0 spiro atoms. The van der Waals surface area contributed by atoms with Gasteiger partial charge in [0.05, 0.1) is 31.5 Å². The third-order valence-corrected chi connectivity index (χ3v) is 6.92. The van der Waals surface area contributed by atoms with Gasteiger partial charge in [-0.3, -0.25) is 13.6 Å². The lowest BCUT2D eigenvalue weighted by Gasteiger charge is -2.26. The molecular weight excluding hydrogens is 363 g/mol. The number of hydrogen-bond acceptors (Lipinski definition) is 8. The molecule has 2 saturated heterocycles. The minimum atomic E-state index is -3.77. The molecule has 0 amide bonds. The highest BCUT2D eigenvalue weighted by Gasteiger charge is 2.46. The molecule has 0 bridgehead atoms. The molecule has 2 heterocycles. The molecule has 9 heteroatoms. The number of methoxy groups -OCH3 is 2. The van der Waals surface area contributed by atoms with Gasteiger partial charge in [-0.1, -0.05) is 13.8 Å². The highest BCUT2D eigenvalue weighted by atomic mass is 31.2. The fourth-order valence-corrected chi connectivity index (χ4v) is 4.78. The summed E-state index contributed by atoms with van der Waals surface area (Å²) in [7, 11) is 0.759. The maximum atomic E-state index is 13.0. The van der Waals surface area contributed by atoms with E-state index in [9.17, 15) is 4.57 Å². The lowest BCUT2D eigenvalue weighted by molar-refractivity contribution is -0.0476. The average Bonchev–Trinajstić information content (AvgIpc) is 3.04. The average molecular weight is 396 g/mol. The summed E-state index contributed by atoms with van der Waals surface area (Å²) in [4.78, 5) is 0. The summed E-state index contributed by atoms with van der Waals surface area (Å²) in [6.07, 6.45) is -1.24. The third kappa shape index (κ3) is 4.86. The maximum absolute atomic E-state index is 13.0. The molecule has 0 aromatic heterocycles. The lowest BCUT2D eigenvalue weighted by Crippen LogP contribution is -2.33. The Labute approximate surface area is 156 Å². The second-order valence-corrected chi connectivity index (χ2v) is 8.86. The van der Waals surface area contributed by atoms with Gasteiger partial charge in [0.1, 0.15) is 18.3 Å². The number of phosphoric acid groups is 1. The summed E-state index contributed by atoms with van der Waals surface area (Å²) in [5.74, 6) is 0.239. The highest BCUT2D eigenvalue weighted by molar-refractivity contribution is 7.48. The van der Waals surface area contributed by atoms with E-state index in [-0.39, 0.29) is 49.0 Å². The zero-order valence-electron chi connectivity index (χ0n) is 16.7. The van der Waals surface area contributed by atoms with Crippen LogP contribution in [0.1, 0.15) is 27.7 Å². The van der Waals surface area contributed by atoms with Crippen LogP contribution in [0.15, 0.2) is 0 Å². The topological polar surface area (TPSA) is 81.7 Å². The van der Waals surface area contributed by atoms with E-state index >= 15 is 0 Å². The number of hydrogen-bond donors (Lipinski definition) is 0. The summed E-state index contributed by atoms with van der Waals surface area (Å²) in [5.41, 5.74) is 0. The van der Waals surface area contributed by atoms with Gasteiger partial charge in [-0.25, -0.2) is 4.57 Å². The Morgan fingerprint density at radius 3 is 1.88 bits per heavy atom. The van der Waals surface area contributed by atoms with E-state index in [0.29, 0.717) is 6.61 Å². The fourth-order valence-electron chi connectivity index (χ4n) is 3.57. The summed E-state index contributed by atoms with van der Waals surface area (Å²) >= 11 is 0. The molecule has 0 radical (unpaired) electrons. The molecule has 2 aliphatic rings. The van der Waals surface area contributed by atoms with Crippen molar-refractivity contribution >= 4 is 7.82 Å². The second-order valence-electron chi connectivity index (χ2n) is 7.13. The van der Waals surface area contributed by atoms with Crippen LogP contribution in [0.3, 0.4) is 0 Å². The molecule has 154 valence electrons. The Balaban J connectivity index is 2.00. The van der Waals surface area contributed by atoms with Crippen LogP contribution in [-0.2, 0) is 37.1 Å². The first kappa shape index (κ1) is 22.2. The van der Waals surface area contributed by atoms with Gasteiger partial charge in [0.25, 0.3) is 0 Å². The van der Waals surface area contributed by atoms with Crippen molar-refractivity contribution in [3.05, 3.63) is 0 Å². The van der Waals surface area contributed by atoms with E-state index in [4.69, 9.17) is 32.5 Å². The second kappa shape index (κ2) is 9.43. The van der Waals surface area contributed by atoms with Crippen molar-refractivity contribution in [3.63, 3.8) is 0 Å². The number of phosphoric ester groups is 1. The van der Waals surface area contributed by atoms with Crippen molar-refractivity contribution in [2.24, 2.45) is 11.8 Å². The predicted octanol–water partition coefficient (Wildman–Crippen LogP) is 2.65. The SMILES string of the molecule is COC[C@H]1O[C@@H](C)[C@@H](C)C1OP(=O)(OC)OC[C@H]1O[C@@H](C)[C@@H](C)C1OC. The molecule has 0 aliphatic carbocycles. The lowest BCUT2D eigenvalue weighted by atomic mass is 9.99. The van der Waals surface area contributed by atoms with Gasteiger partial charge in [-0.05, 0) is 13.8 Å². The Morgan fingerprint density at radius 2 is 1.38 bits per heavy atom. The van der Waals surface area contributed by atoms with Crippen LogP contribution in [0.25, 0.3) is 0 Å². The molecule has 2 fully saturated rings. The summed E-state index contributed by atoms with van der Waals surface area (Å²) in [5, 5.41) is 0. The first-order chi connectivity index (χ1) is 12.3. The van der Waals surface area contributed by atoms with Crippen molar-refractivity contribution in [1.29, 1.82) is 0 Å². The summed E-state index contributed by atoms with van der Waals surface area (Å²) in [6, 6.07) is 0. The van der Waals surface area contributed by atoms with Crippen LogP contribution in [0.4, 0.5) is 0 Å². The normalized spacial score (nSPS) is 42.9. The van der Waals surface area contributed by atoms with Gasteiger partial charge in [-0.15, -0.1) is 0 Å². The van der Waals surface area contributed by atoms with Crippen LogP contribution in [0, 0.1) is 11.8 Å². The van der Waals surface area contributed by atoms with E-state index in [2.05, 4.69) is 6.92 Å². The van der Waals surface area contributed by atoms with Crippen LogP contribution < -0.4 is 0 Å². The van der Waals surface area contributed by atoms with Crippen molar-refractivity contribution in [3.8, 4) is 0 Å². The number of ether oxygens (including phenoxy) is 4. The van der Waals surface area contributed by atoms with Crippen molar-refractivity contribution in [1.82, 2.24) is 0 Å².